The van der Waals surface area contributed by atoms with Crippen LogP contribution in [-0.4, -0.2) is 25.7 Å². The van der Waals surface area contributed by atoms with Crippen LogP contribution < -0.4 is 4.72 Å². The Morgan fingerprint density at radius 2 is 1.90 bits per heavy atom. The fraction of sp³-hybridized carbons (Fsp3) is 0.500. The standard InChI is InChI=1S/C14H19NO4S/c1-20(18,19)15-12-7-5-6-11(10-12)14(13(16)17)8-3-2-4-9-14/h5-7,10,15H,2-4,8-9H2,1H3,(H,16,17). The van der Waals surface area contributed by atoms with Crippen molar-refractivity contribution >= 4 is 21.7 Å². The van der Waals surface area contributed by atoms with Crippen LogP contribution in [-0.2, 0) is 20.2 Å². The van der Waals surface area contributed by atoms with Crippen molar-refractivity contribution in [1.29, 1.82) is 0 Å². The average molecular weight is 297 g/mol. The van der Waals surface area contributed by atoms with Crippen molar-refractivity contribution in [2.45, 2.75) is 37.5 Å². The van der Waals surface area contributed by atoms with Gasteiger partial charge in [-0.3, -0.25) is 9.52 Å². The molecule has 1 aromatic carbocycles. The molecule has 0 aromatic heterocycles. The topological polar surface area (TPSA) is 83.5 Å². The van der Waals surface area contributed by atoms with Gasteiger partial charge in [-0.2, -0.15) is 0 Å². The van der Waals surface area contributed by atoms with E-state index in [1.165, 1.54) is 0 Å². The molecule has 0 amide bonds. The number of hydrogen-bond donors (Lipinski definition) is 2. The number of carboxylic acid groups (broad SMARTS) is 1. The predicted molar refractivity (Wildman–Crippen MR) is 77.3 cm³/mol. The summed E-state index contributed by atoms with van der Waals surface area (Å²) in [6.07, 6.45) is 5.10. The molecule has 0 aliphatic heterocycles. The minimum atomic E-state index is -3.36. The van der Waals surface area contributed by atoms with Gasteiger partial charge in [0, 0.05) is 5.69 Å². The molecule has 1 aliphatic rings. The Morgan fingerprint density at radius 1 is 1.25 bits per heavy atom. The highest BCUT2D eigenvalue weighted by Crippen LogP contribution is 2.40. The fourth-order valence-corrected chi connectivity index (χ4v) is 3.43. The van der Waals surface area contributed by atoms with Crippen LogP contribution in [0, 0.1) is 0 Å². The van der Waals surface area contributed by atoms with E-state index in [1.54, 1.807) is 24.3 Å². The molecule has 0 bridgehead atoms. The molecule has 0 spiro atoms. The Morgan fingerprint density at radius 3 is 2.45 bits per heavy atom. The van der Waals surface area contributed by atoms with Gasteiger partial charge in [0.2, 0.25) is 10.0 Å². The smallest absolute Gasteiger partial charge is 0.314 e. The largest absolute Gasteiger partial charge is 0.481 e. The zero-order valence-electron chi connectivity index (χ0n) is 11.4. The number of aliphatic carboxylic acids is 1. The summed E-state index contributed by atoms with van der Waals surface area (Å²) >= 11 is 0. The highest BCUT2D eigenvalue weighted by molar-refractivity contribution is 7.92. The van der Waals surface area contributed by atoms with Crippen molar-refractivity contribution in [3.63, 3.8) is 0 Å². The molecule has 2 rings (SSSR count). The molecule has 110 valence electrons. The molecule has 1 aliphatic carbocycles. The summed E-state index contributed by atoms with van der Waals surface area (Å²) in [5.41, 5.74) is 0.211. The number of rotatable bonds is 4. The number of benzene rings is 1. The molecule has 0 saturated heterocycles. The lowest BCUT2D eigenvalue weighted by Gasteiger charge is -2.33. The Hall–Kier alpha value is -1.56. The maximum Gasteiger partial charge on any atom is 0.314 e. The van der Waals surface area contributed by atoms with Crippen molar-refractivity contribution in [1.82, 2.24) is 0 Å². The number of nitrogens with one attached hydrogen (secondary N) is 1. The van der Waals surface area contributed by atoms with E-state index < -0.39 is 21.4 Å². The van der Waals surface area contributed by atoms with E-state index >= 15 is 0 Å². The van der Waals surface area contributed by atoms with Gasteiger partial charge in [-0.25, -0.2) is 8.42 Å². The van der Waals surface area contributed by atoms with Gasteiger partial charge >= 0.3 is 5.97 Å². The van der Waals surface area contributed by atoms with Gasteiger partial charge in [-0.15, -0.1) is 0 Å². The van der Waals surface area contributed by atoms with Crippen LogP contribution in [0.1, 0.15) is 37.7 Å². The van der Waals surface area contributed by atoms with E-state index in [-0.39, 0.29) is 0 Å². The number of carbonyl (C=O) groups is 1. The molecule has 1 fully saturated rings. The van der Waals surface area contributed by atoms with Crippen LogP contribution in [0.4, 0.5) is 5.69 Å². The molecule has 1 saturated carbocycles. The lowest BCUT2D eigenvalue weighted by Crippen LogP contribution is -2.37. The molecular weight excluding hydrogens is 278 g/mol. The molecule has 2 N–H and O–H groups in total. The van der Waals surface area contributed by atoms with Gasteiger partial charge in [0.15, 0.2) is 0 Å². The monoisotopic (exact) mass is 297 g/mol. The number of sulfonamides is 1. The van der Waals surface area contributed by atoms with Gasteiger partial charge in [0.1, 0.15) is 0 Å². The van der Waals surface area contributed by atoms with Crippen molar-refractivity contribution < 1.29 is 18.3 Å². The molecule has 0 heterocycles. The first-order chi connectivity index (χ1) is 9.33. The third-order valence-electron chi connectivity index (χ3n) is 3.83. The van der Waals surface area contributed by atoms with E-state index in [0.717, 1.165) is 25.5 Å². The summed E-state index contributed by atoms with van der Waals surface area (Å²) in [6, 6.07) is 6.73. The third-order valence-corrected chi connectivity index (χ3v) is 4.44. The number of carboxylic acids is 1. The highest BCUT2D eigenvalue weighted by Gasteiger charge is 2.41. The SMILES string of the molecule is CS(=O)(=O)Nc1cccc(C2(C(=O)O)CCCCC2)c1. The second kappa shape index (κ2) is 5.44. The summed E-state index contributed by atoms with van der Waals surface area (Å²) in [7, 11) is -3.36. The second-order valence-electron chi connectivity index (χ2n) is 5.40. The molecule has 6 heteroatoms. The van der Waals surface area contributed by atoms with E-state index in [0.29, 0.717) is 24.1 Å². The van der Waals surface area contributed by atoms with Crippen LogP contribution in [0.5, 0.6) is 0 Å². The van der Waals surface area contributed by atoms with Crippen molar-refractivity contribution in [2.24, 2.45) is 0 Å². The Labute approximate surface area is 119 Å². The van der Waals surface area contributed by atoms with Gasteiger partial charge < -0.3 is 5.11 Å². The second-order valence-corrected chi connectivity index (χ2v) is 7.15. The minimum Gasteiger partial charge on any atom is -0.481 e. The van der Waals surface area contributed by atoms with Crippen LogP contribution in [0.25, 0.3) is 0 Å². The van der Waals surface area contributed by atoms with Crippen molar-refractivity contribution in [3.8, 4) is 0 Å². The minimum absolute atomic E-state index is 0.413. The molecular formula is C14H19NO4S. The zero-order chi connectivity index (χ0) is 14.8. The molecule has 5 nitrogen and oxygen atoms in total. The van der Waals surface area contributed by atoms with E-state index in [1.807, 2.05) is 0 Å². The first kappa shape index (κ1) is 14.8. The van der Waals surface area contributed by atoms with Crippen LogP contribution >= 0.6 is 0 Å². The van der Waals surface area contributed by atoms with Gasteiger partial charge in [0.05, 0.1) is 11.7 Å². The fourth-order valence-electron chi connectivity index (χ4n) is 2.88. The Balaban J connectivity index is 2.39. The molecule has 0 unspecified atom stereocenters. The van der Waals surface area contributed by atoms with Crippen molar-refractivity contribution in [2.75, 3.05) is 11.0 Å². The Bertz CT molecular complexity index is 603. The van der Waals surface area contributed by atoms with Gasteiger partial charge in [-0.1, -0.05) is 31.4 Å². The Kier molecular flexibility index (Phi) is 4.04. The van der Waals surface area contributed by atoms with E-state index in [4.69, 9.17) is 0 Å². The lowest BCUT2D eigenvalue weighted by atomic mass is 9.69. The first-order valence-electron chi connectivity index (χ1n) is 6.65. The average Bonchev–Trinajstić information content (AvgIpc) is 2.37. The van der Waals surface area contributed by atoms with Crippen LogP contribution in [0.15, 0.2) is 24.3 Å². The lowest BCUT2D eigenvalue weighted by molar-refractivity contribution is -0.145. The normalized spacial score (nSPS) is 18.4. The molecule has 0 atom stereocenters. The summed E-state index contributed by atoms with van der Waals surface area (Å²) in [4.78, 5) is 11.7. The summed E-state index contributed by atoms with van der Waals surface area (Å²) in [6.45, 7) is 0. The predicted octanol–water partition coefficient (Wildman–Crippen LogP) is 2.34. The van der Waals surface area contributed by atoms with Crippen LogP contribution in [0.3, 0.4) is 0 Å². The zero-order valence-corrected chi connectivity index (χ0v) is 12.2. The third kappa shape index (κ3) is 3.12. The summed E-state index contributed by atoms with van der Waals surface area (Å²) < 4.78 is 24.9. The summed E-state index contributed by atoms with van der Waals surface area (Å²) in [5, 5.41) is 9.63. The first-order valence-corrected chi connectivity index (χ1v) is 8.54. The van der Waals surface area contributed by atoms with Gasteiger partial charge in [0.25, 0.3) is 0 Å². The quantitative estimate of drug-likeness (QED) is 0.893. The maximum absolute atomic E-state index is 11.7. The van der Waals surface area contributed by atoms with Crippen LogP contribution in [0.2, 0.25) is 0 Å². The van der Waals surface area contributed by atoms with Gasteiger partial charge in [-0.05, 0) is 30.5 Å². The van der Waals surface area contributed by atoms with Crippen molar-refractivity contribution in [3.05, 3.63) is 29.8 Å². The number of anilines is 1. The summed E-state index contributed by atoms with van der Waals surface area (Å²) in [5.74, 6) is -0.825. The maximum atomic E-state index is 11.7. The molecule has 0 radical (unpaired) electrons. The van der Waals surface area contributed by atoms with E-state index in [2.05, 4.69) is 4.72 Å². The highest BCUT2D eigenvalue weighted by atomic mass is 32.2. The molecule has 20 heavy (non-hydrogen) atoms. The van der Waals surface area contributed by atoms with E-state index in [9.17, 15) is 18.3 Å². The molecule has 1 aromatic rings. The number of hydrogen-bond acceptors (Lipinski definition) is 3.